The summed E-state index contributed by atoms with van der Waals surface area (Å²) in [7, 11) is 0. The van der Waals surface area contributed by atoms with Crippen LogP contribution in [0.5, 0.6) is 0 Å². The van der Waals surface area contributed by atoms with Gasteiger partial charge in [-0.1, -0.05) is 0 Å². The Balaban J connectivity index is 0.00000243. The van der Waals surface area contributed by atoms with Gasteiger partial charge in [0.25, 0.3) is 0 Å². The summed E-state index contributed by atoms with van der Waals surface area (Å²) in [5.41, 5.74) is 3.64. The minimum Gasteiger partial charge on any atom is -1.00 e. The van der Waals surface area contributed by atoms with Crippen molar-refractivity contribution in [1.29, 1.82) is 0 Å². The summed E-state index contributed by atoms with van der Waals surface area (Å²) in [5, 5.41) is 6.79. The van der Waals surface area contributed by atoms with Crippen molar-refractivity contribution in [3.63, 3.8) is 0 Å². The first-order chi connectivity index (χ1) is 12.1. The molecule has 7 heteroatoms. The molecular formula is C19H21ClN3O2S-. The number of nitrogens with one attached hydrogen (secondary N) is 2. The van der Waals surface area contributed by atoms with E-state index in [1.165, 1.54) is 5.69 Å². The van der Waals surface area contributed by atoms with Gasteiger partial charge in [0.15, 0.2) is 10.9 Å². The minimum absolute atomic E-state index is 0. The highest BCUT2D eigenvalue weighted by molar-refractivity contribution is 7.80. The molecule has 0 aromatic heterocycles. The molecule has 0 atom stereocenters. The standard InChI is InChI=1S/C19H21N3O2S.ClH/c1-14(23)15-2-4-16(5-3-15)20-19(25)21-17-6-8-18(9-7-17)22-10-12-24-13-11-22;/h2-9H,10-13H2,1H3,(H2,20,21,25);1H/p-1. The van der Waals surface area contributed by atoms with Gasteiger partial charge in [-0.15, -0.1) is 0 Å². The van der Waals surface area contributed by atoms with E-state index in [4.69, 9.17) is 17.0 Å². The first-order valence-electron chi connectivity index (χ1n) is 8.23. The molecule has 138 valence electrons. The van der Waals surface area contributed by atoms with Crippen LogP contribution >= 0.6 is 12.2 Å². The van der Waals surface area contributed by atoms with E-state index in [-0.39, 0.29) is 18.2 Å². The smallest absolute Gasteiger partial charge is 0.175 e. The number of thiocarbonyl (C=S) groups is 1. The first kappa shape index (κ1) is 20.2. The fraction of sp³-hybridized carbons (Fsp3) is 0.263. The average molecular weight is 391 g/mol. The number of carbonyl (C=O) groups excluding carboxylic acids is 1. The molecule has 1 heterocycles. The summed E-state index contributed by atoms with van der Waals surface area (Å²) in [6.07, 6.45) is 0. The number of ether oxygens (including phenoxy) is 1. The molecule has 1 fully saturated rings. The predicted octanol–water partition coefficient (Wildman–Crippen LogP) is 0.539. The topological polar surface area (TPSA) is 53.6 Å². The number of morpholine rings is 1. The maximum absolute atomic E-state index is 11.3. The molecule has 26 heavy (non-hydrogen) atoms. The zero-order chi connectivity index (χ0) is 17.6. The van der Waals surface area contributed by atoms with Crippen molar-refractivity contribution in [3.05, 3.63) is 54.1 Å². The molecule has 0 amide bonds. The number of Topliss-reactive ketones (excluding diaryl/α,β-unsaturated/α-hetero) is 1. The van der Waals surface area contributed by atoms with E-state index in [0.29, 0.717) is 10.7 Å². The van der Waals surface area contributed by atoms with E-state index in [2.05, 4.69) is 27.7 Å². The van der Waals surface area contributed by atoms with Crippen molar-refractivity contribution in [2.24, 2.45) is 0 Å². The van der Waals surface area contributed by atoms with E-state index in [9.17, 15) is 4.79 Å². The molecular weight excluding hydrogens is 370 g/mol. The van der Waals surface area contributed by atoms with Crippen LogP contribution in [0.3, 0.4) is 0 Å². The zero-order valence-corrected chi connectivity index (χ0v) is 16.1. The zero-order valence-electron chi connectivity index (χ0n) is 14.5. The summed E-state index contributed by atoms with van der Waals surface area (Å²) in [5.74, 6) is 0.0487. The number of carbonyl (C=O) groups is 1. The third-order valence-corrected chi connectivity index (χ3v) is 4.25. The van der Waals surface area contributed by atoms with Crippen LogP contribution < -0.4 is 27.9 Å². The maximum atomic E-state index is 11.3. The highest BCUT2D eigenvalue weighted by Crippen LogP contribution is 2.19. The Hall–Kier alpha value is -2.15. The van der Waals surface area contributed by atoms with Gasteiger partial charge >= 0.3 is 0 Å². The second-order valence-corrected chi connectivity index (χ2v) is 6.27. The van der Waals surface area contributed by atoms with Crippen LogP contribution in [0, 0.1) is 0 Å². The van der Waals surface area contributed by atoms with E-state index in [1.807, 2.05) is 24.3 Å². The Morgan fingerprint density at radius 1 is 0.962 bits per heavy atom. The van der Waals surface area contributed by atoms with Crippen molar-refractivity contribution in [2.45, 2.75) is 6.92 Å². The SMILES string of the molecule is CC(=O)c1ccc(NC(=S)Nc2ccc(N3CCOCC3)cc2)cc1.[Cl-]. The lowest BCUT2D eigenvalue weighted by molar-refractivity contribution is -0.0000136. The Bertz CT molecular complexity index is 744. The number of benzene rings is 2. The molecule has 2 N–H and O–H groups in total. The molecule has 1 aliphatic heterocycles. The number of halogens is 1. The second kappa shape index (κ2) is 9.52. The van der Waals surface area contributed by atoms with Crippen molar-refractivity contribution in [2.75, 3.05) is 41.8 Å². The largest absolute Gasteiger partial charge is 1.00 e. The normalized spacial score (nSPS) is 13.5. The average Bonchev–Trinajstić information content (AvgIpc) is 2.63. The highest BCUT2D eigenvalue weighted by Gasteiger charge is 2.10. The molecule has 2 aromatic carbocycles. The molecule has 1 saturated heterocycles. The van der Waals surface area contributed by atoms with E-state index in [0.717, 1.165) is 37.7 Å². The van der Waals surface area contributed by atoms with Gasteiger partial charge in [0.1, 0.15) is 0 Å². The molecule has 1 aliphatic rings. The number of rotatable bonds is 4. The predicted molar refractivity (Wildman–Crippen MR) is 106 cm³/mol. The summed E-state index contributed by atoms with van der Waals surface area (Å²) in [6, 6.07) is 15.4. The summed E-state index contributed by atoms with van der Waals surface area (Å²) in [4.78, 5) is 13.6. The first-order valence-corrected chi connectivity index (χ1v) is 8.64. The van der Waals surface area contributed by atoms with Crippen LogP contribution in [0.25, 0.3) is 0 Å². The Morgan fingerprint density at radius 3 is 1.96 bits per heavy atom. The Kier molecular flexibility index (Phi) is 7.38. The molecule has 5 nitrogen and oxygen atoms in total. The highest BCUT2D eigenvalue weighted by atomic mass is 35.5. The quantitative estimate of drug-likeness (QED) is 0.587. The number of hydrogen-bond donors (Lipinski definition) is 2. The third-order valence-electron chi connectivity index (χ3n) is 4.05. The number of hydrogen-bond acceptors (Lipinski definition) is 4. The summed E-state index contributed by atoms with van der Waals surface area (Å²) in [6.45, 7) is 4.94. The monoisotopic (exact) mass is 390 g/mol. The van der Waals surface area contributed by atoms with Crippen LogP contribution in [0.2, 0.25) is 0 Å². The molecule has 0 radical (unpaired) electrons. The van der Waals surface area contributed by atoms with E-state index < -0.39 is 0 Å². The van der Waals surface area contributed by atoms with Gasteiger partial charge in [0.2, 0.25) is 0 Å². The lowest BCUT2D eigenvalue weighted by Gasteiger charge is -2.29. The van der Waals surface area contributed by atoms with Crippen molar-refractivity contribution in [1.82, 2.24) is 0 Å². The molecule has 3 rings (SSSR count). The minimum atomic E-state index is 0. The Labute approximate surface area is 165 Å². The maximum Gasteiger partial charge on any atom is 0.175 e. The molecule has 0 bridgehead atoms. The molecule has 2 aromatic rings. The fourth-order valence-corrected chi connectivity index (χ4v) is 2.89. The van der Waals surface area contributed by atoms with Crippen molar-refractivity contribution >= 4 is 40.2 Å². The van der Waals surface area contributed by atoms with Crippen LogP contribution in [0.15, 0.2) is 48.5 Å². The van der Waals surface area contributed by atoms with Gasteiger partial charge in [-0.05, 0) is 67.7 Å². The number of ketones is 1. The second-order valence-electron chi connectivity index (χ2n) is 5.86. The Morgan fingerprint density at radius 2 is 1.46 bits per heavy atom. The van der Waals surface area contributed by atoms with Crippen LogP contribution in [-0.4, -0.2) is 37.2 Å². The fourth-order valence-electron chi connectivity index (χ4n) is 2.66. The van der Waals surface area contributed by atoms with Crippen LogP contribution in [0.4, 0.5) is 17.1 Å². The van der Waals surface area contributed by atoms with Crippen molar-refractivity contribution < 1.29 is 21.9 Å². The summed E-state index contributed by atoms with van der Waals surface area (Å²) < 4.78 is 5.38. The summed E-state index contributed by atoms with van der Waals surface area (Å²) >= 11 is 5.34. The molecule has 0 saturated carbocycles. The van der Waals surface area contributed by atoms with E-state index in [1.54, 1.807) is 19.1 Å². The lowest BCUT2D eigenvalue weighted by Crippen LogP contribution is -3.00. The molecule has 0 unspecified atom stereocenters. The van der Waals surface area contributed by atoms with Gasteiger partial charge in [0, 0.05) is 35.7 Å². The van der Waals surface area contributed by atoms with Crippen LogP contribution in [0.1, 0.15) is 17.3 Å². The number of anilines is 3. The van der Waals surface area contributed by atoms with Gasteiger partial charge in [-0.3, -0.25) is 4.79 Å². The molecule has 0 aliphatic carbocycles. The van der Waals surface area contributed by atoms with Gasteiger partial charge in [0.05, 0.1) is 13.2 Å². The van der Waals surface area contributed by atoms with Gasteiger partial charge in [-0.25, -0.2) is 0 Å². The number of nitrogens with zero attached hydrogens (tertiary/aromatic N) is 1. The molecule has 0 spiro atoms. The third kappa shape index (κ3) is 5.42. The lowest BCUT2D eigenvalue weighted by atomic mass is 10.1. The van der Waals surface area contributed by atoms with Crippen molar-refractivity contribution in [3.8, 4) is 0 Å². The van der Waals surface area contributed by atoms with Gasteiger partial charge in [-0.2, -0.15) is 0 Å². The van der Waals surface area contributed by atoms with Gasteiger partial charge < -0.3 is 32.7 Å². The van der Waals surface area contributed by atoms with E-state index >= 15 is 0 Å². The van der Waals surface area contributed by atoms with Crippen LogP contribution in [-0.2, 0) is 4.74 Å².